The fraction of sp³-hybridized carbons (Fsp3) is 0.474. The number of carbonyl (C=O) groups is 2. The summed E-state index contributed by atoms with van der Waals surface area (Å²) in [4.78, 5) is 26.2. The number of nitrogens with zero attached hydrogens (tertiary/aromatic N) is 4. The molecule has 1 aliphatic heterocycles. The third kappa shape index (κ3) is 4.96. The molecule has 162 valence electrons. The Morgan fingerprint density at radius 2 is 2.07 bits per heavy atom. The summed E-state index contributed by atoms with van der Waals surface area (Å²) >= 11 is 0. The van der Waals surface area contributed by atoms with Gasteiger partial charge in [-0.2, -0.15) is 13.2 Å². The lowest BCUT2D eigenvalue weighted by molar-refractivity contribution is -0.138. The van der Waals surface area contributed by atoms with Crippen molar-refractivity contribution in [3.8, 4) is 0 Å². The summed E-state index contributed by atoms with van der Waals surface area (Å²) in [7, 11) is 1.52. The number of benzene rings is 1. The third-order valence-corrected chi connectivity index (χ3v) is 4.86. The lowest BCUT2D eigenvalue weighted by atomic mass is 10.0. The number of hydrogen-bond donors (Lipinski definition) is 1. The van der Waals surface area contributed by atoms with E-state index < -0.39 is 23.6 Å². The summed E-state index contributed by atoms with van der Waals surface area (Å²) in [5.41, 5.74) is -1.20. The van der Waals surface area contributed by atoms with E-state index in [4.69, 9.17) is 4.74 Å². The first kappa shape index (κ1) is 21.8. The van der Waals surface area contributed by atoms with Crippen molar-refractivity contribution < 1.29 is 27.5 Å². The van der Waals surface area contributed by atoms with Gasteiger partial charge in [0.1, 0.15) is 0 Å². The van der Waals surface area contributed by atoms with E-state index in [1.165, 1.54) is 41.1 Å². The molecule has 11 heteroatoms. The summed E-state index contributed by atoms with van der Waals surface area (Å²) in [5.74, 6) is -1.08. The quantitative estimate of drug-likeness (QED) is 0.717. The van der Waals surface area contributed by atoms with E-state index in [-0.39, 0.29) is 23.8 Å². The minimum atomic E-state index is -4.61. The molecule has 1 aromatic carbocycles. The molecule has 1 saturated heterocycles. The van der Waals surface area contributed by atoms with Gasteiger partial charge in [-0.1, -0.05) is 17.3 Å². The van der Waals surface area contributed by atoms with E-state index in [0.29, 0.717) is 32.5 Å². The highest BCUT2D eigenvalue weighted by molar-refractivity contribution is 5.96. The van der Waals surface area contributed by atoms with Gasteiger partial charge in [0.15, 0.2) is 5.69 Å². The lowest BCUT2D eigenvalue weighted by Gasteiger charge is -2.33. The van der Waals surface area contributed by atoms with E-state index >= 15 is 0 Å². The Labute approximate surface area is 171 Å². The molecule has 1 N–H and O–H groups in total. The first-order valence-electron chi connectivity index (χ1n) is 9.45. The molecule has 0 aliphatic carbocycles. The van der Waals surface area contributed by atoms with Crippen molar-refractivity contribution in [2.45, 2.75) is 25.1 Å². The molecule has 2 amide bonds. The second-order valence-corrected chi connectivity index (χ2v) is 6.92. The number of hydrogen-bond acceptors (Lipinski definition) is 5. The van der Waals surface area contributed by atoms with E-state index in [9.17, 15) is 22.8 Å². The Morgan fingerprint density at radius 1 is 1.30 bits per heavy atom. The van der Waals surface area contributed by atoms with Crippen LogP contribution in [0.2, 0.25) is 0 Å². The van der Waals surface area contributed by atoms with E-state index in [0.717, 1.165) is 6.07 Å². The molecular weight excluding hydrogens is 403 g/mol. The Kier molecular flexibility index (Phi) is 6.70. The smallest absolute Gasteiger partial charge is 0.383 e. The Bertz CT molecular complexity index is 900. The first-order chi connectivity index (χ1) is 14.3. The van der Waals surface area contributed by atoms with Crippen molar-refractivity contribution in [1.82, 2.24) is 25.2 Å². The zero-order valence-corrected chi connectivity index (χ0v) is 16.4. The van der Waals surface area contributed by atoms with Crippen LogP contribution in [0, 0.1) is 0 Å². The van der Waals surface area contributed by atoms with Gasteiger partial charge in [0.25, 0.3) is 11.8 Å². The highest BCUT2D eigenvalue weighted by Gasteiger charge is 2.37. The average molecular weight is 425 g/mol. The predicted octanol–water partition coefficient (Wildman–Crippen LogP) is 2.15. The van der Waals surface area contributed by atoms with Crippen LogP contribution in [-0.4, -0.2) is 65.1 Å². The minimum absolute atomic E-state index is 0.122. The van der Waals surface area contributed by atoms with Crippen molar-refractivity contribution in [3.05, 3.63) is 47.3 Å². The number of amides is 2. The fourth-order valence-electron chi connectivity index (χ4n) is 3.36. The van der Waals surface area contributed by atoms with Gasteiger partial charge in [0, 0.05) is 26.7 Å². The maximum atomic E-state index is 13.3. The number of alkyl halides is 3. The Hall–Kier alpha value is -2.95. The average Bonchev–Trinajstić information content (AvgIpc) is 3.23. The number of methoxy groups -OCH3 is 1. The van der Waals surface area contributed by atoms with E-state index in [1.54, 1.807) is 0 Å². The van der Waals surface area contributed by atoms with Crippen molar-refractivity contribution in [3.63, 3.8) is 0 Å². The number of carbonyl (C=O) groups excluding carboxylic acids is 2. The van der Waals surface area contributed by atoms with Crippen LogP contribution < -0.4 is 5.32 Å². The first-order valence-corrected chi connectivity index (χ1v) is 9.45. The molecule has 1 fully saturated rings. The molecule has 30 heavy (non-hydrogen) atoms. The third-order valence-electron chi connectivity index (χ3n) is 4.86. The van der Waals surface area contributed by atoms with Crippen LogP contribution in [0.3, 0.4) is 0 Å². The highest BCUT2D eigenvalue weighted by Crippen LogP contribution is 2.33. The summed E-state index contributed by atoms with van der Waals surface area (Å²) in [6, 6.07) is 4.48. The van der Waals surface area contributed by atoms with Crippen LogP contribution >= 0.6 is 0 Å². The van der Waals surface area contributed by atoms with Gasteiger partial charge < -0.3 is 15.0 Å². The lowest BCUT2D eigenvalue weighted by Crippen LogP contribution is -2.41. The van der Waals surface area contributed by atoms with Crippen LogP contribution in [0.5, 0.6) is 0 Å². The monoisotopic (exact) mass is 425 g/mol. The molecule has 1 aliphatic rings. The van der Waals surface area contributed by atoms with Gasteiger partial charge in [-0.05, 0) is 25.0 Å². The van der Waals surface area contributed by atoms with E-state index in [2.05, 4.69) is 15.6 Å². The molecule has 0 bridgehead atoms. The van der Waals surface area contributed by atoms with Crippen molar-refractivity contribution >= 4 is 11.8 Å². The summed E-state index contributed by atoms with van der Waals surface area (Å²) in [5, 5.41) is 10.5. The maximum absolute atomic E-state index is 13.3. The molecule has 1 atom stereocenters. The number of halogens is 3. The number of piperidine rings is 1. The van der Waals surface area contributed by atoms with Crippen molar-refractivity contribution in [2.75, 3.05) is 33.4 Å². The van der Waals surface area contributed by atoms with Crippen molar-refractivity contribution in [2.24, 2.45) is 0 Å². The molecule has 0 unspecified atom stereocenters. The number of likely N-dealkylation sites (tertiary alicyclic amines) is 1. The number of nitrogens with one attached hydrogen (secondary N) is 1. The van der Waals surface area contributed by atoms with Gasteiger partial charge >= 0.3 is 6.18 Å². The van der Waals surface area contributed by atoms with Gasteiger partial charge in [0.2, 0.25) is 0 Å². The van der Waals surface area contributed by atoms with Crippen LogP contribution in [-0.2, 0) is 10.9 Å². The van der Waals surface area contributed by atoms with Crippen LogP contribution in [0.25, 0.3) is 0 Å². The van der Waals surface area contributed by atoms with Gasteiger partial charge in [-0.3, -0.25) is 9.59 Å². The maximum Gasteiger partial charge on any atom is 0.417 e. The molecule has 8 nitrogen and oxygen atoms in total. The zero-order chi connectivity index (χ0) is 21.7. The van der Waals surface area contributed by atoms with Crippen LogP contribution in [0.4, 0.5) is 13.2 Å². The highest BCUT2D eigenvalue weighted by atomic mass is 19.4. The summed E-state index contributed by atoms with van der Waals surface area (Å²) in [6.07, 6.45) is -1.87. The summed E-state index contributed by atoms with van der Waals surface area (Å²) in [6.45, 7) is 1.21. The van der Waals surface area contributed by atoms with E-state index in [1.807, 2.05) is 0 Å². The molecule has 3 rings (SSSR count). The van der Waals surface area contributed by atoms with Gasteiger partial charge in [-0.25, -0.2) is 4.68 Å². The van der Waals surface area contributed by atoms with Crippen LogP contribution in [0.1, 0.15) is 45.3 Å². The molecule has 0 spiro atoms. The molecular formula is C19H22F3N5O3. The standard InChI is InChI=1S/C19H22F3N5O3/c1-30-10-8-23-17(28)16-12-27(25-24-16)13-5-4-9-26(11-13)18(29)14-6-2-3-7-15(14)19(20,21)22/h2-3,6-7,12-13H,4-5,8-11H2,1H3,(H,23,28)/t13-/m1/s1. The Morgan fingerprint density at radius 3 is 2.80 bits per heavy atom. The van der Waals surface area contributed by atoms with Gasteiger partial charge in [0.05, 0.1) is 30.0 Å². The number of ether oxygens (including phenoxy) is 1. The SMILES string of the molecule is COCCNC(=O)c1cn([C@@H]2CCCN(C(=O)c3ccccc3C(F)(F)F)C2)nn1. The van der Waals surface area contributed by atoms with Crippen molar-refractivity contribution in [1.29, 1.82) is 0 Å². The summed E-state index contributed by atoms with van der Waals surface area (Å²) < 4.78 is 46.2. The number of rotatable bonds is 6. The Balaban J connectivity index is 1.71. The topological polar surface area (TPSA) is 89.4 Å². The molecule has 0 saturated carbocycles. The van der Waals surface area contributed by atoms with Crippen LogP contribution in [0.15, 0.2) is 30.5 Å². The molecule has 2 heterocycles. The normalized spacial score (nSPS) is 17.1. The number of aromatic nitrogens is 3. The predicted molar refractivity (Wildman–Crippen MR) is 99.8 cm³/mol. The second kappa shape index (κ2) is 9.24. The second-order valence-electron chi connectivity index (χ2n) is 6.92. The zero-order valence-electron chi connectivity index (χ0n) is 16.4. The molecule has 1 aromatic heterocycles. The minimum Gasteiger partial charge on any atom is -0.383 e. The van der Waals surface area contributed by atoms with Gasteiger partial charge in [-0.15, -0.1) is 5.10 Å². The fourth-order valence-corrected chi connectivity index (χ4v) is 3.36. The molecule has 2 aromatic rings. The molecule has 0 radical (unpaired) electrons. The largest absolute Gasteiger partial charge is 0.417 e.